The molecule has 0 fully saturated rings. The molecule has 3 heteroatoms. The quantitative estimate of drug-likeness (QED) is 0.767. The van der Waals surface area contributed by atoms with E-state index in [9.17, 15) is 0 Å². The molecule has 15 heavy (non-hydrogen) atoms. The van der Waals surface area contributed by atoms with Gasteiger partial charge in [-0.05, 0) is 32.4 Å². The Balaban J connectivity index is 2.63. The van der Waals surface area contributed by atoms with E-state index in [1.54, 1.807) is 6.20 Å². The van der Waals surface area contributed by atoms with Gasteiger partial charge in [0.25, 0.3) is 0 Å². The Hall–Kier alpha value is -1.38. The zero-order valence-corrected chi connectivity index (χ0v) is 9.57. The monoisotopic (exact) mass is 203 g/mol. The Morgan fingerprint density at radius 2 is 2.20 bits per heavy atom. The summed E-state index contributed by atoms with van der Waals surface area (Å²) in [6, 6.07) is 4.51. The van der Waals surface area contributed by atoms with Crippen LogP contribution in [0.1, 0.15) is 39.1 Å². The van der Waals surface area contributed by atoms with Crippen LogP contribution in [0.5, 0.6) is 0 Å². The van der Waals surface area contributed by atoms with Gasteiger partial charge in [-0.25, -0.2) is 9.97 Å². The Morgan fingerprint density at radius 1 is 1.40 bits per heavy atom. The summed E-state index contributed by atoms with van der Waals surface area (Å²) < 4.78 is 2.28. The molecule has 0 aliphatic carbocycles. The highest BCUT2D eigenvalue weighted by atomic mass is 15.1. The zero-order valence-electron chi connectivity index (χ0n) is 9.57. The van der Waals surface area contributed by atoms with Crippen LogP contribution in [0.2, 0.25) is 0 Å². The molecule has 0 spiro atoms. The first-order chi connectivity index (χ1) is 7.24. The molecule has 0 saturated carbocycles. The fraction of sp³-hybridized carbons (Fsp3) is 0.500. The lowest BCUT2D eigenvalue weighted by Crippen LogP contribution is -2.05. The molecule has 0 aromatic carbocycles. The van der Waals surface area contributed by atoms with Gasteiger partial charge in [-0.3, -0.25) is 0 Å². The molecular weight excluding hydrogens is 186 g/mol. The van der Waals surface area contributed by atoms with Crippen LogP contribution in [0.25, 0.3) is 11.2 Å². The van der Waals surface area contributed by atoms with Crippen molar-refractivity contribution in [2.75, 3.05) is 0 Å². The Labute approximate surface area is 90.2 Å². The van der Waals surface area contributed by atoms with Crippen molar-refractivity contribution in [3.63, 3.8) is 0 Å². The van der Waals surface area contributed by atoms with Crippen LogP contribution >= 0.6 is 0 Å². The average Bonchev–Trinajstić information content (AvgIpc) is 2.56. The number of hydrogen-bond donors (Lipinski definition) is 0. The fourth-order valence-corrected chi connectivity index (χ4v) is 1.95. The van der Waals surface area contributed by atoms with Gasteiger partial charge in [-0.2, -0.15) is 0 Å². The number of hydrogen-bond acceptors (Lipinski definition) is 2. The van der Waals surface area contributed by atoms with E-state index in [4.69, 9.17) is 0 Å². The minimum Gasteiger partial charge on any atom is -0.324 e. The van der Waals surface area contributed by atoms with Crippen molar-refractivity contribution in [2.45, 2.75) is 39.7 Å². The molecule has 0 radical (unpaired) electrons. The Morgan fingerprint density at radius 3 is 2.87 bits per heavy atom. The summed E-state index contributed by atoms with van der Waals surface area (Å²) in [7, 11) is 0. The highest BCUT2D eigenvalue weighted by Gasteiger charge is 2.12. The van der Waals surface area contributed by atoms with E-state index in [0.717, 1.165) is 29.8 Å². The van der Waals surface area contributed by atoms with Crippen LogP contribution < -0.4 is 0 Å². The molecule has 2 aromatic rings. The van der Waals surface area contributed by atoms with Gasteiger partial charge in [0.1, 0.15) is 5.82 Å². The van der Waals surface area contributed by atoms with Gasteiger partial charge in [0.05, 0.1) is 5.52 Å². The first-order valence-corrected chi connectivity index (χ1v) is 5.56. The molecule has 2 rings (SSSR count). The second-order valence-electron chi connectivity index (χ2n) is 4.09. The molecule has 0 aliphatic heterocycles. The molecule has 0 atom stereocenters. The van der Waals surface area contributed by atoms with E-state index in [1.807, 2.05) is 6.07 Å². The van der Waals surface area contributed by atoms with Gasteiger partial charge in [0, 0.05) is 18.7 Å². The first kappa shape index (κ1) is 10.1. The van der Waals surface area contributed by atoms with Crippen molar-refractivity contribution >= 4 is 11.2 Å². The van der Waals surface area contributed by atoms with E-state index in [0.29, 0.717) is 6.04 Å². The summed E-state index contributed by atoms with van der Waals surface area (Å²) in [5, 5.41) is 0. The number of aryl methyl sites for hydroxylation is 1. The zero-order chi connectivity index (χ0) is 10.8. The standard InChI is InChI=1S/C12H17N3/c1-4-6-11-14-12-10(7-5-8-13-12)15(11)9(2)3/h5,7-9H,4,6H2,1-3H3. The van der Waals surface area contributed by atoms with Crippen molar-refractivity contribution in [1.82, 2.24) is 14.5 Å². The molecule has 0 aliphatic rings. The van der Waals surface area contributed by atoms with E-state index in [1.165, 1.54) is 0 Å². The highest BCUT2D eigenvalue weighted by Crippen LogP contribution is 2.19. The molecule has 0 saturated heterocycles. The molecule has 80 valence electrons. The molecule has 3 nitrogen and oxygen atoms in total. The lowest BCUT2D eigenvalue weighted by Gasteiger charge is -2.11. The number of rotatable bonds is 3. The number of nitrogens with zero attached hydrogens (tertiary/aromatic N) is 3. The minimum atomic E-state index is 0.445. The van der Waals surface area contributed by atoms with E-state index >= 15 is 0 Å². The van der Waals surface area contributed by atoms with Crippen molar-refractivity contribution < 1.29 is 0 Å². The summed E-state index contributed by atoms with van der Waals surface area (Å²) in [6.07, 6.45) is 3.94. The molecule has 0 amide bonds. The van der Waals surface area contributed by atoms with Crippen molar-refractivity contribution in [1.29, 1.82) is 0 Å². The van der Waals surface area contributed by atoms with Gasteiger partial charge in [-0.15, -0.1) is 0 Å². The van der Waals surface area contributed by atoms with E-state index < -0.39 is 0 Å². The topological polar surface area (TPSA) is 30.7 Å². The van der Waals surface area contributed by atoms with Crippen molar-refractivity contribution in [3.8, 4) is 0 Å². The van der Waals surface area contributed by atoms with Crippen LogP contribution in [-0.4, -0.2) is 14.5 Å². The highest BCUT2D eigenvalue weighted by molar-refractivity contribution is 5.71. The molecule has 0 N–H and O–H groups in total. The van der Waals surface area contributed by atoms with Crippen LogP contribution in [0.15, 0.2) is 18.3 Å². The maximum atomic E-state index is 4.58. The van der Waals surface area contributed by atoms with Crippen LogP contribution in [0.4, 0.5) is 0 Å². The van der Waals surface area contributed by atoms with Crippen LogP contribution in [-0.2, 0) is 6.42 Å². The smallest absolute Gasteiger partial charge is 0.177 e. The number of fused-ring (bicyclic) bond motifs is 1. The minimum absolute atomic E-state index is 0.445. The number of imidazole rings is 1. The fourth-order valence-electron chi connectivity index (χ4n) is 1.95. The molecule has 2 heterocycles. The van der Waals surface area contributed by atoms with Crippen LogP contribution in [0.3, 0.4) is 0 Å². The molecule has 0 unspecified atom stereocenters. The van der Waals surface area contributed by atoms with Crippen molar-refractivity contribution in [2.24, 2.45) is 0 Å². The van der Waals surface area contributed by atoms with Gasteiger partial charge < -0.3 is 4.57 Å². The summed E-state index contributed by atoms with van der Waals surface area (Å²) in [5.41, 5.74) is 2.02. The predicted molar refractivity (Wildman–Crippen MR) is 61.9 cm³/mol. The summed E-state index contributed by atoms with van der Waals surface area (Å²) in [6.45, 7) is 6.55. The normalized spacial score (nSPS) is 11.5. The number of aromatic nitrogens is 3. The number of pyridine rings is 1. The van der Waals surface area contributed by atoms with Gasteiger partial charge in [0.15, 0.2) is 5.65 Å². The Kier molecular flexibility index (Phi) is 2.71. The lowest BCUT2D eigenvalue weighted by molar-refractivity contribution is 0.580. The lowest BCUT2D eigenvalue weighted by atomic mass is 10.3. The molecular formula is C12H17N3. The second kappa shape index (κ2) is 4.01. The maximum Gasteiger partial charge on any atom is 0.177 e. The third kappa shape index (κ3) is 1.74. The summed E-state index contributed by atoms with van der Waals surface area (Å²) in [4.78, 5) is 8.87. The second-order valence-corrected chi connectivity index (χ2v) is 4.09. The average molecular weight is 203 g/mol. The largest absolute Gasteiger partial charge is 0.324 e. The molecule has 0 bridgehead atoms. The van der Waals surface area contributed by atoms with Gasteiger partial charge in [0.2, 0.25) is 0 Å². The molecule has 2 aromatic heterocycles. The van der Waals surface area contributed by atoms with Gasteiger partial charge >= 0.3 is 0 Å². The summed E-state index contributed by atoms with van der Waals surface area (Å²) >= 11 is 0. The SMILES string of the molecule is CCCc1nc2ncccc2n1C(C)C. The summed E-state index contributed by atoms with van der Waals surface area (Å²) in [5.74, 6) is 1.15. The first-order valence-electron chi connectivity index (χ1n) is 5.56. The van der Waals surface area contributed by atoms with Gasteiger partial charge in [-0.1, -0.05) is 6.92 Å². The maximum absolute atomic E-state index is 4.58. The third-order valence-corrected chi connectivity index (χ3v) is 2.53. The van der Waals surface area contributed by atoms with E-state index in [-0.39, 0.29) is 0 Å². The third-order valence-electron chi connectivity index (χ3n) is 2.53. The Bertz CT molecular complexity index is 457. The van der Waals surface area contributed by atoms with E-state index in [2.05, 4.69) is 41.4 Å². The predicted octanol–water partition coefficient (Wildman–Crippen LogP) is 2.96. The van der Waals surface area contributed by atoms with Crippen molar-refractivity contribution in [3.05, 3.63) is 24.2 Å². The van der Waals surface area contributed by atoms with Crippen LogP contribution in [0, 0.1) is 0 Å².